The van der Waals surface area contributed by atoms with E-state index in [0.717, 1.165) is 9.80 Å². The molecule has 29 heavy (non-hydrogen) atoms. The van der Waals surface area contributed by atoms with Crippen LogP contribution in [-0.2, 0) is 4.79 Å². The molecule has 1 atom stereocenters. The Morgan fingerprint density at radius 3 is 1.59 bits per heavy atom. The van der Waals surface area contributed by atoms with Crippen LogP contribution in [-0.4, -0.2) is 57.1 Å². The van der Waals surface area contributed by atoms with E-state index in [1.54, 1.807) is 36.4 Å². The number of carbonyl (C=O) groups excluding carboxylic acids is 4. The number of aliphatic carboxylic acids is 1. The number of hydrogen-bond donors (Lipinski definition) is 1. The van der Waals surface area contributed by atoms with Crippen LogP contribution < -0.4 is 0 Å². The molecule has 1 unspecified atom stereocenters. The molecule has 0 saturated heterocycles. The van der Waals surface area contributed by atoms with Gasteiger partial charge >= 0.3 is 5.97 Å². The molecule has 2 heterocycles. The van der Waals surface area contributed by atoms with Gasteiger partial charge in [-0.1, -0.05) is 24.3 Å². The smallest absolute Gasteiger partial charge is 0.326 e. The first-order valence-corrected chi connectivity index (χ1v) is 9.06. The van der Waals surface area contributed by atoms with E-state index in [4.69, 9.17) is 0 Å². The summed E-state index contributed by atoms with van der Waals surface area (Å²) >= 11 is 0. The molecule has 0 fully saturated rings. The van der Waals surface area contributed by atoms with Crippen molar-refractivity contribution in [1.82, 2.24) is 9.80 Å². The molecule has 0 bridgehead atoms. The molecule has 4 amide bonds. The average molecular weight is 392 g/mol. The van der Waals surface area contributed by atoms with Crippen LogP contribution >= 0.6 is 0 Å². The number of amides is 4. The van der Waals surface area contributed by atoms with Crippen molar-refractivity contribution < 1.29 is 29.1 Å². The largest absolute Gasteiger partial charge is 0.480 e. The lowest BCUT2D eigenvalue weighted by Crippen LogP contribution is -2.45. The fraction of sp³-hybridized carbons (Fsp3) is 0.190. The van der Waals surface area contributed by atoms with Gasteiger partial charge in [-0.05, 0) is 37.1 Å². The van der Waals surface area contributed by atoms with Crippen molar-refractivity contribution in [1.29, 1.82) is 0 Å². The number of imide groups is 2. The summed E-state index contributed by atoms with van der Waals surface area (Å²) in [6.45, 7) is -0.000698. The normalized spacial score (nSPS) is 16.3. The number of carboxylic acid groups (broad SMARTS) is 1. The van der Waals surface area contributed by atoms with E-state index in [1.807, 2.05) is 0 Å². The van der Waals surface area contributed by atoms with Gasteiger partial charge in [-0.2, -0.15) is 0 Å². The molecule has 0 radical (unpaired) electrons. The highest BCUT2D eigenvalue weighted by atomic mass is 16.4. The Morgan fingerprint density at radius 1 is 0.759 bits per heavy atom. The van der Waals surface area contributed by atoms with Crippen molar-refractivity contribution in [2.24, 2.45) is 0 Å². The first-order chi connectivity index (χ1) is 13.9. The second-order valence-electron chi connectivity index (χ2n) is 6.83. The van der Waals surface area contributed by atoms with Crippen molar-refractivity contribution >= 4 is 29.6 Å². The molecular formula is C21H16N2O6. The maximum Gasteiger partial charge on any atom is 0.326 e. The Morgan fingerprint density at radius 2 is 1.17 bits per heavy atom. The van der Waals surface area contributed by atoms with Gasteiger partial charge in [0.1, 0.15) is 6.04 Å². The second kappa shape index (κ2) is 6.97. The number of carbonyl (C=O) groups is 5. The molecule has 2 aromatic carbocycles. The van der Waals surface area contributed by atoms with Crippen LogP contribution in [0.25, 0.3) is 0 Å². The minimum absolute atomic E-state index is 0.000698. The lowest BCUT2D eigenvalue weighted by molar-refractivity contribution is -0.141. The lowest BCUT2D eigenvalue weighted by atomic mass is 10.1. The third kappa shape index (κ3) is 2.89. The van der Waals surface area contributed by atoms with Crippen LogP contribution in [0.4, 0.5) is 0 Å². The van der Waals surface area contributed by atoms with Crippen LogP contribution in [0.3, 0.4) is 0 Å². The monoisotopic (exact) mass is 392 g/mol. The summed E-state index contributed by atoms with van der Waals surface area (Å²) in [6.07, 6.45) is 0.0596. The van der Waals surface area contributed by atoms with E-state index in [9.17, 15) is 29.1 Å². The zero-order valence-corrected chi connectivity index (χ0v) is 15.2. The molecule has 2 aromatic rings. The highest BCUT2D eigenvalue weighted by Gasteiger charge is 2.43. The summed E-state index contributed by atoms with van der Waals surface area (Å²) in [6, 6.07) is 11.2. The molecule has 0 spiro atoms. The number of carboxylic acids is 1. The number of hydrogen-bond acceptors (Lipinski definition) is 5. The summed E-state index contributed by atoms with van der Waals surface area (Å²) in [4.78, 5) is 63.5. The van der Waals surface area contributed by atoms with Gasteiger partial charge in [0.2, 0.25) is 0 Å². The number of nitrogens with zero attached hydrogens (tertiary/aromatic N) is 2. The van der Waals surface area contributed by atoms with Crippen molar-refractivity contribution in [3.63, 3.8) is 0 Å². The second-order valence-corrected chi connectivity index (χ2v) is 6.83. The Labute approximate surface area is 165 Å². The van der Waals surface area contributed by atoms with E-state index < -0.39 is 35.6 Å². The summed E-state index contributed by atoms with van der Waals surface area (Å²) in [5, 5.41) is 9.59. The van der Waals surface area contributed by atoms with E-state index in [0.29, 0.717) is 11.1 Å². The van der Waals surface area contributed by atoms with Gasteiger partial charge < -0.3 is 5.11 Å². The molecule has 8 heteroatoms. The first-order valence-electron chi connectivity index (χ1n) is 9.06. The molecule has 1 N–H and O–H groups in total. The molecule has 4 rings (SSSR count). The van der Waals surface area contributed by atoms with Crippen LogP contribution in [0.2, 0.25) is 0 Å². The number of benzene rings is 2. The lowest BCUT2D eigenvalue weighted by Gasteiger charge is -2.23. The SMILES string of the molecule is O=C(O)C(CCCN1C(=O)c2ccccc2C1=O)N1C(=O)c2ccccc2C1=O. The average Bonchev–Trinajstić information content (AvgIpc) is 3.11. The first kappa shape index (κ1) is 18.5. The third-order valence-corrected chi connectivity index (χ3v) is 5.16. The van der Waals surface area contributed by atoms with Gasteiger partial charge in [-0.25, -0.2) is 4.79 Å². The Hall–Kier alpha value is -3.81. The predicted octanol–water partition coefficient (Wildman–Crippen LogP) is 1.81. The highest BCUT2D eigenvalue weighted by Crippen LogP contribution is 2.27. The minimum Gasteiger partial charge on any atom is -0.480 e. The highest BCUT2D eigenvalue weighted by molar-refractivity contribution is 6.23. The molecule has 0 saturated carbocycles. The molecule has 2 aliphatic rings. The molecule has 146 valence electrons. The van der Waals surface area contributed by atoms with Crippen molar-refractivity contribution in [3.8, 4) is 0 Å². The van der Waals surface area contributed by atoms with Crippen molar-refractivity contribution in [3.05, 3.63) is 70.8 Å². The molecule has 8 nitrogen and oxygen atoms in total. The molecule has 2 aliphatic heterocycles. The number of fused-ring (bicyclic) bond motifs is 2. The third-order valence-electron chi connectivity index (χ3n) is 5.16. The zero-order chi connectivity index (χ0) is 20.7. The van der Waals surface area contributed by atoms with Crippen LogP contribution in [0.5, 0.6) is 0 Å². The Kier molecular flexibility index (Phi) is 4.46. The summed E-state index contributed by atoms with van der Waals surface area (Å²) < 4.78 is 0. The maximum atomic E-state index is 12.5. The summed E-state index contributed by atoms with van der Waals surface area (Å²) in [7, 11) is 0. The Balaban J connectivity index is 1.47. The van der Waals surface area contributed by atoms with Crippen molar-refractivity contribution in [2.45, 2.75) is 18.9 Å². The van der Waals surface area contributed by atoms with Crippen LogP contribution in [0.15, 0.2) is 48.5 Å². The van der Waals surface area contributed by atoms with Gasteiger partial charge in [-0.3, -0.25) is 29.0 Å². The van der Waals surface area contributed by atoms with Gasteiger partial charge in [0.15, 0.2) is 0 Å². The fourth-order valence-corrected chi connectivity index (χ4v) is 3.74. The predicted molar refractivity (Wildman–Crippen MR) is 99.4 cm³/mol. The van der Waals surface area contributed by atoms with E-state index >= 15 is 0 Å². The van der Waals surface area contributed by atoms with Gasteiger partial charge in [0.05, 0.1) is 22.3 Å². The Bertz CT molecular complexity index is 1010. The van der Waals surface area contributed by atoms with E-state index in [-0.39, 0.29) is 30.5 Å². The van der Waals surface area contributed by atoms with Crippen LogP contribution in [0.1, 0.15) is 54.3 Å². The van der Waals surface area contributed by atoms with E-state index in [1.165, 1.54) is 12.1 Å². The van der Waals surface area contributed by atoms with Gasteiger partial charge in [0.25, 0.3) is 23.6 Å². The quantitative estimate of drug-likeness (QED) is 0.751. The number of rotatable bonds is 6. The minimum atomic E-state index is -1.38. The summed E-state index contributed by atoms with van der Waals surface area (Å²) in [5.74, 6) is -3.49. The molecule has 0 aliphatic carbocycles. The molecular weight excluding hydrogens is 376 g/mol. The van der Waals surface area contributed by atoms with Crippen LogP contribution in [0, 0.1) is 0 Å². The standard InChI is InChI=1S/C21H16N2O6/c24-17-12-6-1-2-7-13(12)18(25)22(17)11-5-10-16(21(28)29)23-19(26)14-8-3-4-9-15(14)20(23)27/h1-4,6-9,16H,5,10-11H2,(H,28,29). The topological polar surface area (TPSA) is 112 Å². The molecule has 0 aromatic heterocycles. The van der Waals surface area contributed by atoms with Crippen molar-refractivity contribution in [2.75, 3.05) is 6.54 Å². The summed E-state index contributed by atoms with van der Waals surface area (Å²) in [5.41, 5.74) is 0.966. The van der Waals surface area contributed by atoms with Gasteiger partial charge in [-0.15, -0.1) is 0 Å². The fourth-order valence-electron chi connectivity index (χ4n) is 3.74. The zero-order valence-electron chi connectivity index (χ0n) is 15.2. The maximum absolute atomic E-state index is 12.5. The van der Waals surface area contributed by atoms with Gasteiger partial charge in [0, 0.05) is 6.54 Å². The van der Waals surface area contributed by atoms with E-state index in [2.05, 4.69) is 0 Å².